The Bertz CT molecular complexity index is 323. The monoisotopic (exact) mass is 223 g/mol. The van der Waals surface area contributed by atoms with E-state index in [1.807, 2.05) is 35.2 Å². The Hall–Kier alpha value is -1.13. The van der Waals surface area contributed by atoms with Crippen molar-refractivity contribution in [2.75, 3.05) is 26.3 Å². The molecule has 1 heterocycles. The fraction of sp³-hybridized carbons (Fsp3) is 0.364. The van der Waals surface area contributed by atoms with Crippen LogP contribution in [0.2, 0.25) is 0 Å². The molecule has 3 nitrogen and oxygen atoms in total. The van der Waals surface area contributed by atoms with Crippen molar-refractivity contribution in [2.24, 2.45) is 0 Å². The number of nitrogens with zero attached hydrogens (tertiary/aromatic N) is 1. The number of benzene rings is 1. The maximum Gasteiger partial charge on any atom is 0.264 e. The van der Waals surface area contributed by atoms with Gasteiger partial charge in [0.25, 0.3) is 5.17 Å². The highest BCUT2D eigenvalue weighted by Gasteiger charge is 2.14. The summed E-state index contributed by atoms with van der Waals surface area (Å²) in [5.74, 6) is 0.786. The third-order valence-corrected chi connectivity index (χ3v) is 2.56. The van der Waals surface area contributed by atoms with Gasteiger partial charge < -0.3 is 14.4 Å². The van der Waals surface area contributed by atoms with Crippen LogP contribution in [-0.4, -0.2) is 36.4 Å². The van der Waals surface area contributed by atoms with Gasteiger partial charge in [-0.3, -0.25) is 0 Å². The summed E-state index contributed by atoms with van der Waals surface area (Å²) < 4.78 is 10.8. The van der Waals surface area contributed by atoms with Crippen molar-refractivity contribution in [1.29, 1.82) is 0 Å². The Morgan fingerprint density at radius 1 is 1.20 bits per heavy atom. The van der Waals surface area contributed by atoms with E-state index in [4.69, 9.17) is 21.7 Å². The van der Waals surface area contributed by atoms with Gasteiger partial charge in [-0.05, 0) is 24.4 Å². The zero-order valence-corrected chi connectivity index (χ0v) is 9.20. The fourth-order valence-corrected chi connectivity index (χ4v) is 1.68. The Labute approximate surface area is 94.6 Å². The van der Waals surface area contributed by atoms with Crippen molar-refractivity contribution in [3.8, 4) is 5.75 Å². The smallest absolute Gasteiger partial charge is 0.264 e. The lowest BCUT2D eigenvalue weighted by Crippen LogP contribution is -2.42. The number of ether oxygens (including phenoxy) is 2. The summed E-state index contributed by atoms with van der Waals surface area (Å²) in [6.07, 6.45) is 0. The van der Waals surface area contributed by atoms with E-state index in [0.717, 1.165) is 32.1 Å². The van der Waals surface area contributed by atoms with Crippen LogP contribution in [0.1, 0.15) is 0 Å². The second-order valence-corrected chi connectivity index (χ2v) is 3.63. The van der Waals surface area contributed by atoms with Crippen molar-refractivity contribution in [3.05, 3.63) is 30.3 Å². The molecule has 4 heteroatoms. The van der Waals surface area contributed by atoms with Crippen LogP contribution in [0.3, 0.4) is 0 Å². The summed E-state index contributed by atoms with van der Waals surface area (Å²) in [7, 11) is 0. The molecule has 1 aliphatic rings. The van der Waals surface area contributed by atoms with E-state index in [1.165, 1.54) is 0 Å². The third-order valence-electron chi connectivity index (χ3n) is 2.22. The van der Waals surface area contributed by atoms with Crippen LogP contribution in [0.15, 0.2) is 30.3 Å². The average molecular weight is 223 g/mol. The molecule has 0 aromatic heterocycles. The van der Waals surface area contributed by atoms with Crippen LogP contribution in [0.25, 0.3) is 0 Å². The van der Waals surface area contributed by atoms with E-state index < -0.39 is 0 Å². The summed E-state index contributed by atoms with van der Waals surface area (Å²) in [5.41, 5.74) is 0. The second kappa shape index (κ2) is 5.09. The molecule has 1 aromatic rings. The minimum absolute atomic E-state index is 0.532. The van der Waals surface area contributed by atoms with Crippen LogP contribution in [0.5, 0.6) is 5.75 Å². The molecule has 0 spiro atoms. The Morgan fingerprint density at radius 2 is 1.87 bits per heavy atom. The molecule has 15 heavy (non-hydrogen) atoms. The SMILES string of the molecule is S=C(Oc1ccccc1)N1CCOCC1. The molecule has 1 aliphatic heterocycles. The molecule has 0 N–H and O–H groups in total. The van der Waals surface area contributed by atoms with Gasteiger partial charge in [0.1, 0.15) is 5.75 Å². The van der Waals surface area contributed by atoms with Gasteiger partial charge in [0.05, 0.1) is 13.2 Å². The first-order valence-corrected chi connectivity index (χ1v) is 5.36. The van der Waals surface area contributed by atoms with E-state index in [9.17, 15) is 0 Å². The largest absolute Gasteiger partial charge is 0.432 e. The van der Waals surface area contributed by atoms with Gasteiger partial charge in [-0.2, -0.15) is 0 Å². The van der Waals surface area contributed by atoms with Gasteiger partial charge in [0, 0.05) is 13.1 Å². The number of para-hydroxylation sites is 1. The zero-order chi connectivity index (χ0) is 10.5. The second-order valence-electron chi connectivity index (χ2n) is 3.28. The lowest BCUT2D eigenvalue weighted by molar-refractivity contribution is 0.0631. The first kappa shape index (κ1) is 10.4. The van der Waals surface area contributed by atoms with E-state index in [-0.39, 0.29) is 0 Å². The molecule has 0 saturated carbocycles. The maximum atomic E-state index is 5.56. The van der Waals surface area contributed by atoms with Crippen molar-refractivity contribution >= 4 is 17.4 Å². The molecule has 2 rings (SSSR count). The van der Waals surface area contributed by atoms with Crippen molar-refractivity contribution in [2.45, 2.75) is 0 Å². The van der Waals surface area contributed by atoms with Gasteiger partial charge in [-0.25, -0.2) is 0 Å². The molecule has 0 unspecified atom stereocenters. The van der Waals surface area contributed by atoms with Crippen molar-refractivity contribution in [1.82, 2.24) is 4.90 Å². The number of morpholine rings is 1. The summed E-state index contributed by atoms with van der Waals surface area (Å²) in [6, 6.07) is 9.60. The Morgan fingerprint density at radius 3 is 2.53 bits per heavy atom. The fourth-order valence-electron chi connectivity index (χ4n) is 1.40. The van der Waals surface area contributed by atoms with Crippen LogP contribution >= 0.6 is 12.2 Å². The summed E-state index contributed by atoms with van der Waals surface area (Å²) in [5, 5.41) is 0.532. The molecule has 0 aliphatic carbocycles. The van der Waals surface area contributed by atoms with E-state index in [2.05, 4.69) is 0 Å². The third kappa shape index (κ3) is 2.91. The minimum Gasteiger partial charge on any atom is -0.432 e. The quantitative estimate of drug-likeness (QED) is 0.675. The minimum atomic E-state index is 0.532. The summed E-state index contributed by atoms with van der Waals surface area (Å²) in [6.45, 7) is 3.06. The van der Waals surface area contributed by atoms with Gasteiger partial charge in [-0.1, -0.05) is 18.2 Å². The molecular weight excluding hydrogens is 210 g/mol. The average Bonchev–Trinajstić information content (AvgIpc) is 2.31. The molecular formula is C11H13NO2S. The molecule has 80 valence electrons. The van der Waals surface area contributed by atoms with E-state index in [0.29, 0.717) is 5.17 Å². The van der Waals surface area contributed by atoms with Crippen LogP contribution in [0.4, 0.5) is 0 Å². The molecule has 1 saturated heterocycles. The molecule has 0 amide bonds. The first-order valence-electron chi connectivity index (χ1n) is 4.96. The predicted octanol–water partition coefficient (Wildman–Crippen LogP) is 1.68. The highest BCUT2D eigenvalue weighted by Crippen LogP contribution is 2.11. The number of hydrogen-bond donors (Lipinski definition) is 0. The highest BCUT2D eigenvalue weighted by molar-refractivity contribution is 7.80. The van der Waals surface area contributed by atoms with E-state index >= 15 is 0 Å². The topological polar surface area (TPSA) is 21.7 Å². The van der Waals surface area contributed by atoms with Crippen LogP contribution in [-0.2, 0) is 4.74 Å². The van der Waals surface area contributed by atoms with Gasteiger partial charge >= 0.3 is 0 Å². The molecule has 0 atom stereocenters. The zero-order valence-electron chi connectivity index (χ0n) is 8.39. The lowest BCUT2D eigenvalue weighted by Gasteiger charge is -2.28. The number of hydrogen-bond acceptors (Lipinski definition) is 3. The van der Waals surface area contributed by atoms with Crippen molar-refractivity contribution < 1.29 is 9.47 Å². The molecule has 0 radical (unpaired) electrons. The first-order chi connectivity index (χ1) is 7.36. The van der Waals surface area contributed by atoms with Gasteiger partial charge in [0.15, 0.2) is 0 Å². The molecule has 1 aromatic carbocycles. The number of thiocarbonyl (C=S) groups is 1. The summed E-state index contributed by atoms with van der Waals surface area (Å²) in [4.78, 5) is 2.02. The Balaban J connectivity index is 1.91. The molecule has 1 fully saturated rings. The van der Waals surface area contributed by atoms with Gasteiger partial charge in [-0.15, -0.1) is 0 Å². The standard InChI is InChI=1S/C11H13NO2S/c15-11(12-6-8-13-9-7-12)14-10-4-2-1-3-5-10/h1-5H,6-9H2. The van der Waals surface area contributed by atoms with Crippen LogP contribution in [0, 0.1) is 0 Å². The van der Waals surface area contributed by atoms with Gasteiger partial charge in [0.2, 0.25) is 0 Å². The normalized spacial score (nSPS) is 16.1. The maximum absolute atomic E-state index is 5.56. The van der Waals surface area contributed by atoms with E-state index in [1.54, 1.807) is 0 Å². The Kier molecular flexibility index (Phi) is 3.53. The predicted molar refractivity (Wildman–Crippen MR) is 62.1 cm³/mol. The number of rotatable bonds is 1. The van der Waals surface area contributed by atoms with Crippen molar-refractivity contribution in [3.63, 3.8) is 0 Å². The summed E-state index contributed by atoms with van der Waals surface area (Å²) >= 11 is 5.20. The van der Waals surface area contributed by atoms with Crippen LogP contribution < -0.4 is 4.74 Å². The lowest BCUT2D eigenvalue weighted by atomic mass is 10.3. The molecule has 0 bridgehead atoms. The highest BCUT2D eigenvalue weighted by atomic mass is 32.1.